The summed E-state index contributed by atoms with van der Waals surface area (Å²) in [4.78, 5) is 0. The molecule has 0 aliphatic heterocycles. The number of rotatable bonds is 7. The summed E-state index contributed by atoms with van der Waals surface area (Å²) >= 11 is 3.55. The van der Waals surface area contributed by atoms with Crippen LogP contribution in [0, 0.1) is 6.92 Å². The SMILES string of the molecule is CCCC(CNCC)Oc1ccc(C)cc1Br. The monoisotopic (exact) mass is 299 g/mol. The van der Waals surface area contributed by atoms with Gasteiger partial charge in [-0.2, -0.15) is 0 Å². The van der Waals surface area contributed by atoms with Gasteiger partial charge in [-0.3, -0.25) is 0 Å². The van der Waals surface area contributed by atoms with Crippen LogP contribution in [0.1, 0.15) is 32.3 Å². The Labute approximate surface area is 113 Å². The Bertz CT molecular complexity index is 341. The Morgan fingerprint density at radius 3 is 2.71 bits per heavy atom. The van der Waals surface area contributed by atoms with Gasteiger partial charge in [-0.1, -0.05) is 26.3 Å². The number of hydrogen-bond donors (Lipinski definition) is 1. The molecule has 17 heavy (non-hydrogen) atoms. The molecule has 1 aromatic rings. The average molecular weight is 300 g/mol. The smallest absolute Gasteiger partial charge is 0.133 e. The summed E-state index contributed by atoms with van der Waals surface area (Å²) in [7, 11) is 0. The van der Waals surface area contributed by atoms with Gasteiger partial charge in [-0.25, -0.2) is 0 Å². The van der Waals surface area contributed by atoms with Crippen LogP contribution in [-0.2, 0) is 0 Å². The van der Waals surface area contributed by atoms with E-state index in [0.717, 1.165) is 36.2 Å². The normalized spacial score (nSPS) is 12.5. The van der Waals surface area contributed by atoms with Crippen molar-refractivity contribution >= 4 is 15.9 Å². The number of halogens is 1. The van der Waals surface area contributed by atoms with Crippen LogP contribution in [0.4, 0.5) is 0 Å². The highest BCUT2D eigenvalue weighted by Gasteiger charge is 2.10. The number of nitrogens with one attached hydrogen (secondary N) is 1. The molecule has 0 radical (unpaired) electrons. The van der Waals surface area contributed by atoms with Crippen molar-refractivity contribution in [2.45, 2.75) is 39.7 Å². The highest BCUT2D eigenvalue weighted by Crippen LogP contribution is 2.27. The minimum Gasteiger partial charge on any atom is -0.488 e. The molecule has 0 fully saturated rings. The van der Waals surface area contributed by atoms with Crippen molar-refractivity contribution < 1.29 is 4.74 Å². The lowest BCUT2D eigenvalue weighted by atomic mass is 10.2. The Hall–Kier alpha value is -0.540. The first-order chi connectivity index (χ1) is 8.17. The van der Waals surface area contributed by atoms with Gasteiger partial charge in [0.2, 0.25) is 0 Å². The third-order valence-corrected chi connectivity index (χ3v) is 3.23. The van der Waals surface area contributed by atoms with Crippen LogP contribution in [0.3, 0.4) is 0 Å². The van der Waals surface area contributed by atoms with E-state index < -0.39 is 0 Å². The molecule has 0 amide bonds. The number of ether oxygens (including phenoxy) is 1. The second kappa shape index (κ2) is 7.72. The van der Waals surface area contributed by atoms with Gasteiger partial charge in [0, 0.05) is 6.54 Å². The molecule has 96 valence electrons. The molecule has 0 aliphatic rings. The minimum atomic E-state index is 0.249. The average Bonchev–Trinajstić information content (AvgIpc) is 2.29. The predicted molar refractivity (Wildman–Crippen MR) is 76.7 cm³/mol. The highest BCUT2D eigenvalue weighted by molar-refractivity contribution is 9.10. The third kappa shape index (κ3) is 5.09. The van der Waals surface area contributed by atoms with E-state index in [0.29, 0.717) is 0 Å². The van der Waals surface area contributed by atoms with Gasteiger partial charge in [-0.05, 0) is 53.5 Å². The molecule has 3 heteroatoms. The molecule has 1 unspecified atom stereocenters. The molecule has 1 N–H and O–H groups in total. The molecule has 1 atom stereocenters. The lowest BCUT2D eigenvalue weighted by Gasteiger charge is -2.20. The lowest BCUT2D eigenvalue weighted by molar-refractivity contribution is 0.186. The Morgan fingerprint density at radius 1 is 1.35 bits per heavy atom. The topological polar surface area (TPSA) is 21.3 Å². The van der Waals surface area contributed by atoms with Crippen molar-refractivity contribution in [3.63, 3.8) is 0 Å². The first-order valence-corrected chi connectivity index (χ1v) is 7.10. The molecule has 0 spiro atoms. The molecule has 0 saturated heterocycles. The van der Waals surface area contributed by atoms with Gasteiger partial charge in [0.15, 0.2) is 0 Å². The molecule has 0 aliphatic carbocycles. The zero-order valence-electron chi connectivity index (χ0n) is 10.9. The van der Waals surface area contributed by atoms with Gasteiger partial charge in [0.1, 0.15) is 11.9 Å². The first kappa shape index (κ1) is 14.5. The van der Waals surface area contributed by atoms with E-state index in [-0.39, 0.29) is 6.10 Å². The van der Waals surface area contributed by atoms with Crippen LogP contribution >= 0.6 is 15.9 Å². The summed E-state index contributed by atoms with van der Waals surface area (Å²) in [6.07, 6.45) is 2.46. The van der Waals surface area contributed by atoms with Crippen molar-refractivity contribution in [3.8, 4) is 5.75 Å². The number of likely N-dealkylation sites (N-methyl/N-ethyl adjacent to an activating group) is 1. The molecular formula is C14H22BrNO. The zero-order chi connectivity index (χ0) is 12.7. The van der Waals surface area contributed by atoms with E-state index in [4.69, 9.17) is 4.74 Å². The van der Waals surface area contributed by atoms with Gasteiger partial charge >= 0.3 is 0 Å². The molecule has 0 heterocycles. The van der Waals surface area contributed by atoms with Crippen LogP contribution in [0.15, 0.2) is 22.7 Å². The number of benzene rings is 1. The Morgan fingerprint density at radius 2 is 2.12 bits per heavy atom. The van der Waals surface area contributed by atoms with Crippen molar-refractivity contribution in [2.75, 3.05) is 13.1 Å². The highest BCUT2D eigenvalue weighted by atomic mass is 79.9. The van der Waals surface area contributed by atoms with E-state index in [1.54, 1.807) is 0 Å². The summed E-state index contributed by atoms with van der Waals surface area (Å²) in [6, 6.07) is 6.20. The summed E-state index contributed by atoms with van der Waals surface area (Å²) in [5, 5.41) is 3.34. The predicted octanol–water partition coefficient (Wildman–Crippen LogP) is 3.91. The van der Waals surface area contributed by atoms with Crippen LogP contribution in [0.5, 0.6) is 5.75 Å². The summed E-state index contributed by atoms with van der Waals surface area (Å²) < 4.78 is 7.07. The van der Waals surface area contributed by atoms with E-state index in [2.05, 4.69) is 54.2 Å². The Kier molecular flexibility index (Phi) is 6.60. The van der Waals surface area contributed by atoms with E-state index in [9.17, 15) is 0 Å². The standard InChI is InChI=1S/C14H22BrNO/c1-4-6-12(10-16-5-2)17-14-8-7-11(3)9-13(14)15/h7-9,12,16H,4-6,10H2,1-3H3. The van der Waals surface area contributed by atoms with Gasteiger partial charge in [-0.15, -0.1) is 0 Å². The molecule has 1 rings (SSSR count). The van der Waals surface area contributed by atoms with Crippen LogP contribution in [-0.4, -0.2) is 19.2 Å². The molecular weight excluding hydrogens is 278 g/mol. The van der Waals surface area contributed by atoms with Gasteiger partial charge < -0.3 is 10.1 Å². The first-order valence-electron chi connectivity index (χ1n) is 6.30. The van der Waals surface area contributed by atoms with E-state index in [1.807, 2.05) is 6.07 Å². The summed E-state index contributed by atoms with van der Waals surface area (Å²) in [5.41, 5.74) is 1.24. The van der Waals surface area contributed by atoms with Gasteiger partial charge in [0.25, 0.3) is 0 Å². The maximum absolute atomic E-state index is 6.03. The molecule has 0 bridgehead atoms. The fraction of sp³-hybridized carbons (Fsp3) is 0.571. The second-order valence-electron chi connectivity index (χ2n) is 4.27. The largest absolute Gasteiger partial charge is 0.488 e. The maximum atomic E-state index is 6.03. The fourth-order valence-corrected chi connectivity index (χ4v) is 2.30. The van der Waals surface area contributed by atoms with Crippen molar-refractivity contribution in [1.82, 2.24) is 5.32 Å². The maximum Gasteiger partial charge on any atom is 0.133 e. The number of hydrogen-bond acceptors (Lipinski definition) is 2. The van der Waals surface area contributed by atoms with Crippen LogP contribution in [0.25, 0.3) is 0 Å². The summed E-state index contributed by atoms with van der Waals surface area (Å²) in [6.45, 7) is 8.28. The number of aryl methyl sites for hydroxylation is 1. The van der Waals surface area contributed by atoms with E-state index in [1.165, 1.54) is 5.56 Å². The minimum absolute atomic E-state index is 0.249. The van der Waals surface area contributed by atoms with Crippen molar-refractivity contribution in [1.29, 1.82) is 0 Å². The molecule has 0 aromatic heterocycles. The van der Waals surface area contributed by atoms with Crippen molar-refractivity contribution in [2.24, 2.45) is 0 Å². The molecule has 0 saturated carbocycles. The molecule has 1 aromatic carbocycles. The van der Waals surface area contributed by atoms with E-state index >= 15 is 0 Å². The van der Waals surface area contributed by atoms with Crippen LogP contribution in [0.2, 0.25) is 0 Å². The summed E-state index contributed by atoms with van der Waals surface area (Å²) in [5.74, 6) is 0.937. The third-order valence-electron chi connectivity index (χ3n) is 2.61. The zero-order valence-corrected chi connectivity index (χ0v) is 12.5. The molecule has 2 nitrogen and oxygen atoms in total. The van der Waals surface area contributed by atoms with Gasteiger partial charge in [0.05, 0.1) is 4.47 Å². The fourth-order valence-electron chi connectivity index (χ4n) is 1.71. The van der Waals surface area contributed by atoms with Crippen LogP contribution < -0.4 is 10.1 Å². The quantitative estimate of drug-likeness (QED) is 0.824. The van der Waals surface area contributed by atoms with Crippen molar-refractivity contribution in [3.05, 3.63) is 28.2 Å². The lowest BCUT2D eigenvalue weighted by Crippen LogP contribution is -2.31. The second-order valence-corrected chi connectivity index (χ2v) is 5.12. The Balaban J connectivity index is 2.64.